The quantitative estimate of drug-likeness (QED) is 0.449. The van der Waals surface area contributed by atoms with Gasteiger partial charge in [0.1, 0.15) is 0 Å². The minimum atomic E-state index is -0.0417. The van der Waals surface area contributed by atoms with E-state index in [-0.39, 0.29) is 5.92 Å². The first-order valence-electron chi connectivity index (χ1n) is 2.56. The number of hydrogen-bond donors (Lipinski definition) is 3. The van der Waals surface area contributed by atoms with Crippen LogP contribution in [0.4, 0.5) is 0 Å². The van der Waals surface area contributed by atoms with Crippen molar-refractivity contribution in [3.63, 3.8) is 0 Å². The van der Waals surface area contributed by atoms with Crippen LogP contribution in [0.2, 0.25) is 0 Å². The monoisotopic (exact) mass is 113 g/mol. The Hall–Kier alpha value is -0.700. The third-order valence-electron chi connectivity index (χ3n) is 0.928. The molecule has 46 valence electrons. The Balaban J connectivity index is 3.35. The highest BCUT2D eigenvalue weighted by Gasteiger charge is 1.95. The van der Waals surface area contributed by atoms with E-state index in [0.29, 0.717) is 13.0 Å². The number of hydrogen-bond acceptors (Lipinski definition) is 3. The van der Waals surface area contributed by atoms with Crippen molar-refractivity contribution in [2.75, 3.05) is 6.54 Å². The molecule has 3 nitrogen and oxygen atoms in total. The van der Waals surface area contributed by atoms with Gasteiger partial charge in [0.05, 0.1) is 0 Å². The molecule has 0 aromatic rings. The van der Waals surface area contributed by atoms with Crippen LogP contribution in [0.1, 0.15) is 6.42 Å². The average Bonchev–Trinajstić information content (AvgIpc) is 1.83. The lowest BCUT2D eigenvalue weighted by Crippen LogP contribution is -2.09. The standard InChI is InChI=1S/C5H11N3/c6-2-1-5(3-7)4-8/h3-5,7-8H,1-2,6H2. The molecule has 0 aromatic carbocycles. The van der Waals surface area contributed by atoms with Crippen LogP contribution in [-0.2, 0) is 0 Å². The summed E-state index contributed by atoms with van der Waals surface area (Å²) in [5, 5.41) is 13.5. The van der Waals surface area contributed by atoms with Crippen LogP contribution in [-0.4, -0.2) is 19.0 Å². The van der Waals surface area contributed by atoms with Gasteiger partial charge in [0.2, 0.25) is 0 Å². The van der Waals surface area contributed by atoms with Crippen molar-refractivity contribution >= 4 is 12.4 Å². The Kier molecular flexibility index (Phi) is 4.07. The summed E-state index contributed by atoms with van der Waals surface area (Å²) in [6, 6.07) is 0. The Morgan fingerprint density at radius 1 is 1.38 bits per heavy atom. The number of rotatable bonds is 4. The zero-order valence-electron chi connectivity index (χ0n) is 4.72. The highest BCUT2D eigenvalue weighted by molar-refractivity contribution is 5.80. The fourth-order valence-electron chi connectivity index (χ4n) is 0.407. The summed E-state index contributed by atoms with van der Waals surface area (Å²) >= 11 is 0. The normalized spacial score (nSPS) is 12.6. The molecule has 0 amide bonds. The van der Waals surface area contributed by atoms with Crippen molar-refractivity contribution in [3.05, 3.63) is 0 Å². The molecule has 0 fully saturated rings. The lowest BCUT2D eigenvalue weighted by atomic mass is 10.1. The lowest BCUT2D eigenvalue weighted by molar-refractivity contribution is 0.800. The Morgan fingerprint density at radius 2 is 1.88 bits per heavy atom. The summed E-state index contributed by atoms with van der Waals surface area (Å²) < 4.78 is 0. The van der Waals surface area contributed by atoms with Crippen molar-refractivity contribution in [1.82, 2.24) is 0 Å². The van der Waals surface area contributed by atoms with Crippen LogP contribution in [0, 0.1) is 16.7 Å². The fraction of sp³-hybridized carbons (Fsp3) is 0.600. The molecule has 8 heavy (non-hydrogen) atoms. The zero-order valence-corrected chi connectivity index (χ0v) is 4.72. The molecular weight excluding hydrogens is 102 g/mol. The number of nitrogens with two attached hydrogens (primary N) is 1. The van der Waals surface area contributed by atoms with Gasteiger partial charge in [-0.3, -0.25) is 0 Å². The predicted octanol–water partition coefficient (Wildman–Crippen LogP) is 0.251. The topological polar surface area (TPSA) is 73.7 Å². The minimum Gasteiger partial charge on any atom is -0.330 e. The molecule has 0 radical (unpaired) electrons. The van der Waals surface area contributed by atoms with Crippen LogP contribution < -0.4 is 5.73 Å². The van der Waals surface area contributed by atoms with E-state index in [1.54, 1.807) is 0 Å². The molecule has 4 N–H and O–H groups in total. The third kappa shape index (κ3) is 2.47. The first-order chi connectivity index (χ1) is 3.85. The maximum absolute atomic E-state index is 6.73. The maximum Gasteiger partial charge on any atom is 0.0295 e. The third-order valence-corrected chi connectivity index (χ3v) is 0.928. The van der Waals surface area contributed by atoms with Crippen LogP contribution in [0.5, 0.6) is 0 Å². The van der Waals surface area contributed by atoms with Crippen molar-refractivity contribution in [1.29, 1.82) is 10.8 Å². The summed E-state index contributed by atoms with van der Waals surface area (Å²) in [5.74, 6) is -0.0417. The van der Waals surface area contributed by atoms with E-state index < -0.39 is 0 Å². The van der Waals surface area contributed by atoms with E-state index in [1.165, 1.54) is 12.4 Å². The largest absolute Gasteiger partial charge is 0.330 e. The molecule has 0 heterocycles. The van der Waals surface area contributed by atoms with Gasteiger partial charge in [0.25, 0.3) is 0 Å². The summed E-state index contributed by atoms with van der Waals surface area (Å²) in [6.07, 6.45) is 3.19. The highest BCUT2D eigenvalue weighted by atomic mass is 14.5. The second-order valence-corrected chi connectivity index (χ2v) is 1.57. The zero-order chi connectivity index (χ0) is 6.41. The van der Waals surface area contributed by atoms with Gasteiger partial charge in [-0.05, 0) is 13.0 Å². The van der Waals surface area contributed by atoms with Crippen molar-refractivity contribution < 1.29 is 0 Å². The van der Waals surface area contributed by atoms with Crippen LogP contribution >= 0.6 is 0 Å². The van der Waals surface area contributed by atoms with Crippen LogP contribution in [0.3, 0.4) is 0 Å². The van der Waals surface area contributed by atoms with Crippen LogP contribution in [0.25, 0.3) is 0 Å². The highest BCUT2D eigenvalue weighted by Crippen LogP contribution is 1.90. The molecule has 0 aliphatic heterocycles. The van der Waals surface area contributed by atoms with Crippen LogP contribution in [0.15, 0.2) is 0 Å². The maximum atomic E-state index is 6.73. The molecule has 0 rings (SSSR count). The molecular formula is C5H11N3. The lowest BCUT2D eigenvalue weighted by Gasteiger charge is -1.98. The van der Waals surface area contributed by atoms with Gasteiger partial charge >= 0.3 is 0 Å². The molecule has 0 saturated heterocycles. The second kappa shape index (κ2) is 4.46. The molecule has 0 atom stereocenters. The smallest absolute Gasteiger partial charge is 0.0295 e. The van der Waals surface area contributed by atoms with Gasteiger partial charge in [0, 0.05) is 18.3 Å². The van der Waals surface area contributed by atoms with E-state index in [0.717, 1.165) is 0 Å². The second-order valence-electron chi connectivity index (χ2n) is 1.57. The van der Waals surface area contributed by atoms with E-state index in [4.69, 9.17) is 16.6 Å². The molecule has 0 unspecified atom stereocenters. The van der Waals surface area contributed by atoms with Gasteiger partial charge in [-0.1, -0.05) is 0 Å². The van der Waals surface area contributed by atoms with E-state index in [2.05, 4.69) is 0 Å². The van der Waals surface area contributed by atoms with Gasteiger partial charge in [-0.25, -0.2) is 0 Å². The molecule has 0 aromatic heterocycles. The molecule has 0 spiro atoms. The number of nitrogens with one attached hydrogen (secondary N) is 2. The van der Waals surface area contributed by atoms with Gasteiger partial charge in [-0.2, -0.15) is 0 Å². The molecule has 0 aliphatic carbocycles. The SMILES string of the molecule is N=CC(C=N)CCN. The van der Waals surface area contributed by atoms with Gasteiger partial charge in [0.15, 0.2) is 0 Å². The average molecular weight is 113 g/mol. The molecule has 0 aliphatic rings. The van der Waals surface area contributed by atoms with E-state index in [9.17, 15) is 0 Å². The first-order valence-corrected chi connectivity index (χ1v) is 2.56. The van der Waals surface area contributed by atoms with Gasteiger partial charge < -0.3 is 16.6 Å². The predicted molar refractivity (Wildman–Crippen MR) is 34.7 cm³/mol. The minimum absolute atomic E-state index is 0.0417. The summed E-state index contributed by atoms with van der Waals surface area (Å²) in [7, 11) is 0. The molecule has 0 saturated carbocycles. The Bertz CT molecular complexity index is 71.7. The van der Waals surface area contributed by atoms with Crippen molar-refractivity contribution in [2.45, 2.75) is 6.42 Å². The molecule has 0 bridgehead atoms. The summed E-state index contributed by atoms with van der Waals surface area (Å²) in [5.41, 5.74) is 5.17. The van der Waals surface area contributed by atoms with Crippen molar-refractivity contribution in [2.24, 2.45) is 11.7 Å². The first kappa shape index (κ1) is 7.30. The summed E-state index contributed by atoms with van der Waals surface area (Å²) in [4.78, 5) is 0. The summed E-state index contributed by atoms with van der Waals surface area (Å²) in [6.45, 7) is 0.551. The van der Waals surface area contributed by atoms with Gasteiger partial charge in [-0.15, -0.1) is 0 Å². The van der Waals surface area contributed by atoms with E-state index in [1.807, 2.05) is 0 Å². The molecule has 3 heteroatoms. The fourth-order valence-corrected chi connectivity index (χ4v) is 0.407. The van der Waals surface area contributed by atoms with E-state index >= 15 is 0 Å². The Morgan fingerprint density at radius 3 is 2.00 bits per heavy atom. The van der Waals surface area contributed by atoms with Crippen molar-refractivity contribution in [3.8, 4) is 0 Å². The Labute approximate surface area is 48.9 Å².